The SMILES string of the molecule is Cc1nc(-c2ccc(N(C)C)cc2)cc([C@@H]2CN3CC[C@H]2C[C@@H]3CO)n1. The molecule has 4 heterocycles. The highest BCUT2D eigenvalue weighted by atomic mass is 16.3. The van der Waals surface area contributed by atoms with Gasteiger partial charge in [-0.05, 0) is 50.4 Å². The predicted molar refractivity (Wildman–Crippen MR) is 104 cm³/mol. The summed E-state index contributed by atoms with van der Waals surface area (Å²) >= 11 is 0. The van der Waals surface area contributed by atoms with Crippen molar-refractivity contribution in [2.45, 2.75) is 31.7 Å². The van der Waals surface area contributed by atoms with Crippen LogP contribution < -0.4 is 4.90 Å². The molecule has 0 aliphatic carbocycles. The second-order valence-electron chi connectivity index (χ2n) is 7.89. The number of aliphatic hydroxyl groups excluding tert-OH is 1. The molecule has 0 spiro atoms. The summed E-state index contributed by atoms with van der Waals surface area (Å²) in [5.74, 6) is 1.91. The van der Waals surface area contributed by atoms with Gasteiger partial charge >= 0.3 is 0 Å². The highest BCUT2D eigenvalue weighted by Crippen LogP contribution is 2.41. The van der Waals surface area contributed by atoms with Gasteiger partial charge in [0, 0.05) is 49.5 Å². The Morgan fingerprint density at radius 1 is 1.19 bits per heavy atom. The van der Waals surface area contributed by atoms with E-state index in [4.69, 9.17) is 4.98 Å². The Kier molecular flexibility index (Phi) is 4.67. The van der Waals surface area contributed by atoms with Gasteiger partial charge in [-0.3, -0.25) is 4.90 Å². The minimum absolute atomic E-state index is 0.273. The first-order chi connectivity index (χ1) is 12.5. The summed E-state index contributed by atoms with van der Waals surface area (Å²) in [4.78, 5) is 14.0. The number of fused-ring (bicyclic) bond motifs is 3. The lowest BCUT2D eigenvalue weighted by molar-refractivity contribution is 0.00182. The third kappa shape index (κ3) is 3.21. The van der Waals surface area contributed by atoms with Crippen LogP contribution in [0.5, 0.6) is 0 Å². The maximum absolute atomic E-state index is 9.60. The minimum Gasteiger partial charge on any atom is -0.395 e. The number of benzene rings is 1. The summed E-state index contributed by atoms with van der Waals surface area (Å²) in [6.07, 6.45) is 2.29. The van der Waals surface area contributed by atoms with E-state index in [1.807, 2.05) is 6.92 Å². The maximum atomic E-state index is 9.60. The highest BCUT2D eigenvalue weighted by Gasteiger charge is 2.41. The van der Waals surface area contributed by atoms with Gasteiger partial charge in [0.1, 0.15) is 5.82 Å². The summed E-state index contributed by atoms with van der Waals surface area (Å²) in [7, 11) is 4.10. The van der Waals surface area contributed by atoms with E-state index < -0.39 is 0 Å². The van der Waals surface area contributed by atoms with Crippen molar-refractivity contribution in [3.05, 3.63) is 41.9 Å². The number of aryl methyl sites for hydroxylation is 1. The summed E-state index contributed by atoms with van der Waals surface area (Å²) < 4.78 is 0. The fourth-order valence-electron chi connectivity index (χ4n) is 4.52. The van der Waals surface area contributed by atoms with Crippen molar-refractivity contribution in [2.75, 3.05) is 38.7 Å². The zero-order chi connectivity index (χ0) is 18.3. The number of rotatable bonds is 4. The van der Waals surface area contributed by atoms with Crippen molar-refractivity contribution in [1.82, 2.24) is 14.9 Å². The maximum Gasteiger partial charge on any atom is 0.126 e. The van der Waals surface area contributed by atoms with Crippen molar-refractivity contribution in [2.24, 2.45) is 5.92 Å². The van der Waals surface area contributed by atoms with Gasteiger partial charge in [-0.2, -0.15) is 0 Å². The molecule has 5 rings (SSSR count). The quantitative estimate of drug-likeness (QED) is 0.917. The fourth-order valence-corrected chi connectivity index (χ4v) is 4.52. The van der Waals surface area contributed by atoms with Crippen LogP contribution in [-0.4, -0.2) is 59.8 Å². The molecule has 1 N–H and O–H groups in total. The molecule has 4 atom stereocenters. The molecule has 3 fully saturated rings. The third-order valence-corrected chi connectivity index (χ3v) is 6.01. The number of nitrogens with zero attached hydrogens (tertiary/aromatic N) is 4. The molecular weight excluding hydrogens is 324 g/mol. The highest BCUT2D eigenvalue weighted by molar-refractivity contribution is 5.63. The van der Waals surface area contributed by atoms with Crippen LogP contribution in [0.1, 0.15) is 30.3 Å². The van der Waals surface area contributed by atoms with Crippen LogP contribution in [-0.2, 0) is 0 Å². The van der Waals surface area contributed by atoms with Gasteiger partial charge in [0.15, 0.2) is 0 Å². The molecule has 0 saturated carbocycles. The molecule has 2 bridgehead atoms. The molecule has 0 amide bonds. The summed E-state index contributed by atoms with van der Waals surface area (Å²) in [6, 6.07) is 11.1. The van der Waals surface area contributed by atoms with E-state index in [9.17, 15) is 5.11 Å². The molecule has 1 aromatic carbocycles. The lowest BCUT2D eigenvalue weighted by atomic mass is 9.74. The van der Waals surface area contributed by atoms with Crippen molar-refractivity contribution in [1.29, 1.82) is 0 Å². The number of anilines is 1. The van der Waals surface area contributed by atoms with Crippen molar-refractivity contribution >= 4 is 5.69 Å². The molecule has 3 aliphatic rings. The van der Waals surface area contributed by atoms with E-state index in [-0.39, 0.29) is 6.61 Å². The third-order valence-electron chi connectivity index (χ3n) is 6.01. The van der Waals surface area contributed by atoms with Gasteiger partial charge in [0.05, 0.1) is 12.3 Å². The van der Waals surface area contributed by atoms with Gasteiger partial charge in [-0.15, -0.1) is 0 Å². The Morgan fingerprint density at radius 3 is 2.58 bits per heavy atom. The molecule has 0 radical (unpaired) electrons. The van der Waals surface area contributed by atoms with E-state index >= 15 is 0 Å². The van der Waals surface area contributed by atoms with Gasteiger partial charge in [0.2, 0.25) is 0 Å². The Morgan fingerprint density at radius 2 is 1.96 bits per heavy atom. The second kappa shape index (κ2) is 6.97. The molecule has 1 aromatic heterocycles. The number of piperidine rings is 3. The average Bonchev–Trinajstić information content (AvgIpc) is 2.67. The minimum atomic E-state index is 0.273. The van der Waals surface area contributed by atoms with Crippen molar-refractivity contribution in [3.63, 3.8) is 0 Å². The first-order valence-corrected chi connectivity index (χ1v) is 9.53. The van der Waals surface area contributed by atoms with E-state index in [2.05, 4.69) is 59.2 Å². The van der Waals surface area contributed by atoms with Crippen LogP contribution >= 0.6 is 0 Å². The number of hydrogen-bond acceptors (Lipinski definition) is 5. The first-order valence-electron chi connectivity index (χ1n) is 9.53. The molecule has 3 aliphatic heterocycles. The monoisotopic (exact) mass is 352 g/mol. The molecule has 3 saturated heterocycles. The average molecular weight is 352 g/mol. The molecule has 5 heteroatoms. The smallest absolute Gasteiger partial charge is 0.126 e. The topological polar surface area (TPSA) is 52.5 Å². The molecule has 26 heavy (non-hydrogen) atoms. The van der Waals surface area contributed by atoms with Crippen LogP contribution in [0.2, 0.25) is 0 Å². The number of aliphatic hydroxyl groups is 1. The number of hydrogen-bond donors (Lipinski definition) is 1. The zero-order valence-corrected chi connectivity index (χ0v) is 15.9. The predicted octanol–water partition coefficient (Wildman–Crippen LogP) is 2.69. The lowest BCUT2D eigenvalue weighted by Crippen LogP contribution is -2.53. The molecule has 2 aromatic rings. The summed E-state index contributed by atoms with van der Waals surface area (Å²) in [5, 5.41) is 9.60. The van der Waals surface area contributed by atoms with Crippen LogP contribution in [0, 0.1) is 12.8 Å². The van der Waals surface area contributed by atoms with Crippen LogP contribution in [0.25, 0.3) is 11.3 Å². The summed E-state index contributed by atoms with van der Waals surface area (Å²) in [5.41, 5.74) is 4.49. The van der Waals surface area contributed by atoms with Crippen LogP contribution in [0.3, 0.4) is 0 Å². The normalized spacial score (nSPS) is 27.5. The Bertz CT molecular complexity index is 774. The largest absolute Gasteiger partial charge is 0.395 e. The fraction of sp³-hybridized carbons (Fsp3) is 0.524. The van der Waals surface area contributed by atoms with Gasteiger partial charge < -0.3 is 10.0 Å². The molecule has 1 unspecified atom stereocenters. The van der Waals surface area contributed by atoms with Crippen LogP contribution in [0.15, 0.2) is 30.3 Å². The van der Waals surface area contributed by atoms with Gasteiger partial charge in [-0.1, -0.05) is 12.1 Å². The van der Waals surface area contributed by atoms with E-state index in [1.54, 1.807) is 0 Å². The van der Waals surface area contributed by atoms with Gasteiger partial charge in [-0.25, -0.2) is 9.97 Å². The standard InChI is InChI=1S/C21H28N4O/c1-14-22-20(15-4-6-17(7-5-15)24(2)3)11-21(23-14)19-12-25-9-8-16(19)10-18(25)13-26/h4-7,11,16,18-19,26H,8-10,12-13H2,1-3H3/t16-,18+,19+/m0/s1. The van der Waals surface area contributed by atoms with Crippen molar-refractivity contribution in [3.8, 4) is 11.3 Å². The second-order valence-corrected chi connectivity index (χ2v) is 7.89. The molecule has 5 nitrogen and oxygen atoms in total. The Labute approximate surface area is 155 Å². The van der Waals surface area contributed by atoms with Gasteiger partial charge in [0.25, 0.3) is 0 Å². The molecular formula is C21H28N4O. The number of aromatic nitrogens is 2. The Hall–Kier alpha value is -1.98. The van der Waals surface area contributed by atoms with E-state index in [1.165, 1.54) is 12.1 Å². The first kappa shape index (κ1) is 17.4. The van der Waals surface area contributed by atoms with E-state index in [0.717, 1.165) is 42.3 Å². The zero-order valence-electron chi connectivity index (χ0n) is 15.9. The summed E-state index contributed by atoms with van der Waals surface area (Å²) in [6.45, 7) is 4.37. The molecule has 138 valence electrons. The van der Waals surface area contributed by atoms with Crippen LogP contribution in [0.4, 0.5) is 5.69 Å². The van der Waals surface area contributed by atoms with Crippen molar-refractivity contribution < 1.29 is 5.11 Å². The lowest BCUT2D eigenvalue weighted by Gasteiger charge is -2.49. The Balaban J connectivity index is 1.63. The van der Waals surface area contributed by atoms with E-state index in [0.29, 0.717) is 17.9 Å².